The molecule has 0 bridgehead atoms. The fraction of sp³-hybridized carbons (Fsp3) is 0.545. The monoisotopic (exact) mass is 408 g/mol. The third-order valence-corrected chi connectivity index (χ3v) is 6.47. The summed E-state index contributed by atoms with van der Waals surface area (Å²) in [6.07, 6.45) is 4.44. The van der Waals surface area contributed by atoms with Gasteiger partial charge in [0.25, 0.3) is 0 Å². The third-order valence-electron chi connectivity index (χ3n) is 6.47. The lowest BCUT2D eigenvalue weighted by molar-refractivity contribution is -0.137. The lowest BCUT2D eigenvalue weighted by atomic mass is 10.0. The van der Waals surface area contributed by atoms with Gasteiger partial charge in [-0.25, -0.2) is 9.38 Å². The summed E-state index contributed by atoms with van der Waals surface area (Å²) in [5, 5.41) is 9.77. The van der Waals surface area contributed by atoms with Crippen molar-refractivity contribution < 1.29 is 9.53 Å². The average molecular weight is 409 g/mol. The Hall–Kier alpha value is -2.74. The van der Waals surface area contributed by atoms with Crippen LogP contribution in [0.4, 0.5) is 5.95 Å². The molecule has 1 aromatic carbocycles. The Bertz CT molecular complexity index is 1070. The predicted octanol–water partition coefficient (Wildman–Crippen LogP) is 2.65. The van der Waals surface area contributed by atoms with Crippen LogP contribution in [0.2, 0.25) is 0 Å². The maximum absolute atomic E-state index is 13.0. The van der Waals surface area contributed by atoms with E-state index in [0.29, 0.717) is 19.1 Å². The molecule has 3 heterocycles. The van der Waals surface area contributed by atoms with Gasteiger partial charge in [-0.1, -0.05) is 25.0 Å². The Morgan fingerprint density at radius 2 is 1.97 bits per heavy atom. The van der Waals surface area contributed by atoms with Gasteiger partial charge in [-0.3, -0.25) is 4.79 Å². The highest BCUT2D eigenvalue weighted by atomic mass is 16.5. The molecule has 8 nitrogen and oxygen atoms in total. The zero-order chi connectivity index (χ0) is 20.7. The molecule has 1 saturated carbocycles. The first-order valence-corrected chi connectivity index (χ1v) is 10.8. The second-order valence-corrected chi connectivity index (χ2v) is 8.45. The Labute approximate surface area is 175 Å². The van der Waals surface area contributed by atoms with Crippen LogP contribution in [0.25, 0.3) is 16.6 Å². The number of hydrogen-bond acceptors (Lipinski definition) is 6. The molecule has 1 aliphatic carbocycles. The lowest BCUT2D eigenvalue weighted by Crippen LogP contribution is -2.55. The van der Waals surface area contributed by atoms with Crippen molar-refractivity contribution in [3.63, 3.8) is 0 Å². The standard InChI is InChI=1S/C22H28N6O2/c1-15-13-26(11-12-27(15)21(29)16-7-3-4-8-16)22-23-18-10-6-5-9-17(18)20-25-24-19(14-30-2)28(20)22/h5-6,9-10,15-16H,3-4,7-8,11-14H2,1-2H3/t15-/m1/s1. The molecule has 0 spiro atoms. The summed E-state index contributed by atoms with van der Waals surface area (Å²) in [7, 11) is 1.66. The second-order valence-electron chi connectivity index (χ2n) is 8.45. The summed E-state index contributed by atoms with van der Waals surface area (Å²) in [5.41, 5.74) is 1.69. The number of para-hydroxylation sites is 1. The van der Waals surface area contributed by atoms with Gasteiger partial charge in [-0.2, -0.15) is 0 Å². The molecule has 8 heteroatoms. The minimum Gasteiger partial charge on any atom is -0.377 e. The third kappa shape index (κ3) is 3.19. The molecule has 0 unspecified atom stereocenters. The molecule has 158 valence electrons. The predicted molar refractivity (Wildman–Crippen MR) is 114 cm³/mol. The van der Waals surface area contributed by atoms with Gasteiger partial charge >= 0.3 is 0 Å². The van der Waals surface area contributed by atoms with Gasteiger partial charge < -0.3 is 14.5 Å². The zero-order valence-corrected chi connectivity index (χ0v) is 17.6. The molecule has 2 aromatic heterocycles. The minimum atomic E-state index is 0.137. The maximum atomic E-state index is 13.0. The van der Waals surface area contributed by atoms with E-state index in [9.17, 15) is 4.79 Å². The van der Waals surface area contributed by atoms with Crippen molar-refractivity contribution in [2.24, 2.45) is 5.92 Å². The van der Waals surface area contributed by atoms with Crippen LogP contribution in [0.5, 0.6) is 0 Å². The van der Waals surface area contributed by atoms with Crippen LogP contribution in [0.1, 0.15) is 38.4 Å². The Balaban J connectivity index is 1.49. The van der Waals surface area contributed by atoms with Gasteiger partial charge in [0, 0.05) is 44.1 Å². The number of benzene rings is 1. The molecule has 1 amide bonds. The van der Waals surface area contributed by atoms with Crippen molar-refractivity contribution >= 4 is 28.4 Å². The normalized spacial score (nSPS) is 20.5. The number of methoxy groups -OCH3 is 1. The van der Waals surface area contributed by atoms with Gasteiger partial charge in [-0.15, -0.1) is 10.2 Å². The molecule has 0 radical (unpaired) electrons. The van der Waals surface area contributed by atoms with E-state index in [1.807, 2.05) is 28.7 Å². The summed E-state index contributed by atoms with van der Waals surface area (Å²) in [6, 6.07) is 8.14. The average Bonchev–Trinajstić information content (AvgIpc) is 3.44. The largest absolute Gasteiger partial charge is 0.377 e. The molecule has 1 atom stereocenters. The molecule has 3 aromatic rings. The Kier molecular flexibility index (Phi) is 5.02. The molecule has 0 N–H and O–H groups in total. The fourth-order valence-electron chi connectivity index (χ4n) is 4.93. The highest BCUT2D eigenvalue weighted by Crippen LogP contribution is 2.30. The van der Waals surface area contributed by atoms with Crippen LogP contribution in [-0.2, 0) is 16.1 Å². The van der Waals surface area contributed by atoms with Gasteiger partial charge in [0.15, 0.2) is 11.5 Å². The number of hydrogen-bond donors (Lipinski definition) is 0. The van der Waals surface area contributed by atoms with Crippen LogP contribution in [0.3, 0.4) is 0 Å². The number of anilines is 1. The van der Waals surface area contributed by atoms with E-state index in [1.54, 1.807) is 7.11 Å². The number of nitrogens with zero attached hydrogens (tertiary/aromatic N) is 6. The number of amides is 1. The number of aromatic nitrogens is 4. The van der Waals surface area contributed by atoms with E-state index in [4.69, 9.17) is 9.72 Å². The van der Waals surface area contributed by atoms with Crippen molar-refractivity contribution in [2.45, 2.75) is 45.3 Å². The second kappa shape index (κ2) is 7.83. The molecule has 2 fully saturated rings. The first-order chi connectivity index (χ1) is 14.7. The number of piperazine rings is 1. The van der Waals surface area contributed by atoms with E-state index < -0.39 is 0 Å². The van der Waals surface area contributed by atoms with Gasteiger partial charge in [0.1, 0.15) is 6.61 Å². The smallest absolute Gasteiger partial charge is 0.226 e. The van der Waals surface area contributed by atoms with Gasteiger partial charge in [-0.05, 0) is 31.9 Å². The molecule has 5 rings (SSSR count). The SMILES string of the molecule is COCc1nnc2c3ccccc3nc(N3CCN(C(=O)C4CCCC4)[C@H](C)C3)n12. The van der Waals surface area contributed by atoms with Crippen molar-refractivity contribution in [3.05, 3.63) is 30.1 Å². The topological polar surface area (TPSA) is 75.9 Å². The number of ether oxygens (including phenoxy) is 1. The highest BCUT2D eigenvalue weighted by Gasteiger charge is 2.34. The summed E-state index contributed by atoms with van der Waals surface area (Å²) in [6.45, 7) is 4.70. The lowest BCUT2D eigenvalue weighted by Gasteiger charge is -2.41. The summed E-state index contributed by atoms with van der Waals surface area (Å²) >= 11 is 0. The van der Waals surface area contributed by atoms with Gasteiger partial charge in [0.05, 0.1) is 5.52 Å². The molecule has 30 heavy (non-hydrogen) atoms. The summed E-state index contributed by atoms with van der Waals surface area (Å²) < 4.78 is 7.36. The van der Waals surface area contributed by atoms with Crippen molar-refractivity contribution in [1.82, 2.24) is 24.5 Å². The molecule has 1 aliphatic heterocycles. The van der Waals surface area contributed by atoms with E-state index in [-0.39, 0.29) is 12.0 Å². The van der Waals surface area contributed by atoms with Crippen molar-refractivity contribution in [1.29, 1.82) is 0 Å². The maximum Gasteiger partial charge on any atom is 0.226 e. The van der Waals surface area contributed by atoms with Crippen molar-refractivity contribution in [3.8, 4) is 0 Å². The summed E-state index contributed by atoms with van der Waals surface area (Å²) in [5.74, 6) is 2.11. The molecule has 1 saturated heterocycles. The molecular weight excluding hydrogens is 380 g/mol. The number of rotatable bonds is 4. The molecule has 2 aliphatic rings. The van der Waals surface area contributed by atoms with Crippen LogP contribution < -0.4 is 4.90 Å². The van der Waals surface area contributed by atoms with E-state index in [2.05, 4.69) is 26.9 Å². The number of carbonyl (C=O) groups is 1. The number of carbonyl (C=O) groups excluding carboxylic acids is 1. The first kappa shape index (κ1) is 19.2. The zero-order valence-electron chi connectivity index (χ0n) is 17.6. The van der Waals surface area contributed by atoms with Crippen LogP contribution in [-0.4, -0.2) is 63.2 Å². The van der Waals surface area contributed by atoms with E-state index >= 15 is 0 Å². The first-order valence-electron chi connectivity index (χ1n) is 10.8. The Morgan fingerprint density at radius 1 is 1.17 bits per heavy atom. The Morgan fingerprint density at radius 3 is 2.73 bits per heavy atom. The van der Waals surface area contributed by atoms with Crippen LogP contribution in [0.15, 0.2) is 24.3 Å². The quantitative estimate of drug-likeness (QED) is 0.661. The molecular formula is C22H28N6O2. The van der Waals surface area contributed by atoms with E-state index in [1.165, 1.54) is 12.8 Å². The van der Waals surface area contributed by atoms with Gasteiger partial charge in [0.2, 0.25) is 11.9 Å². The highest BCUT2D eigenvalue weighted by molar-refractivity contribution is 5.92. The van der Waals surface area contributed by atoms with Crippen LogP contribution in [0, 0.1) is 5.92 Å². The minimum absolute atomic E-state index is 0.137. The number of fused-ring (bicyclic) bond motifs is 3. The fourth-order valence-corrected chi connectivity index (χ4v) is 4.93. The summed E-state index contributed by atoms with van der Waals surface area (Å²) in [4.78, 5) is 22.3. The van der Waals surface area contributed by atoms with Crippen molar-refractivity contribution in [2.75, 3.05) is 31.6 Å². The van der Waals surface area contributed by atoms with Crippen LogP contribution >= 0.6 is 0 Å². The van der Waals surface area contributed by atoms with E-state index in [0.717, 1.165) is 54.3 Å².